The van der Waals surface area contributed by atoms with E-state index in [1.54, 1.807) is 13.3 Å². The molecule has 0 saturated heterocycles. The number of halogens is 3. The number of imidazole rings is 1. The van der Waals surface area contributed by atoms with E-state index in [1.807, 2.05) is 19.2 Å². The Hall–Kier alpha value is -4.13. The van der Waals surface area contributed by atoms with Crippen LogP contribution in [0.25, 0.3) is 33.9 Å². The van der Waals surface area contributed by atoms with Crippen molar-refractivity contribution in [3.8, 4) is 28.7 Å². The number of aromatic nitrogens is 6. The Labute approximate surface area is 227 Å². The molecule has 5 rings (SSSR count). The third-order valence-electron chi connectivity index (χ3n) is 6.03. The van der Waals surface area contributed by atoms with Crippen LogP contribution in [-0.4, -0.2) is 69.5 Å². The lowest BCUT2D eigenvalue weighted by molar-refractivity contribution is 0.158. The maximum absolute atomic E-state index is 14.5. The third kappa shape index (κ3) is 5.67. The van der Waals surface area contributed by atoms with Gasteiger partial charge in [0.25, 0.3) is 0 Å². The first-order valence-electron chi connectivity index (χ1n) is 11.9. The van der Waals surface area contributed by atoms with Gasteiger partial charge < -0.3 is 19.8 Å². The number of hydrogen-bond donors (Lipinski definition) is 3. The zero-order chi connectivity index (χ0) is 27.5. The topological polar surface area (TPSA) is 117 Å². The minimum Gasteiger partial charge on any atom is -0.491 e. The largest absolute Gasteiger partial charge is 0.491 e. The lowest BCUT2D eigenvalue weighted by Crippen LogP contribution is -2.22. The summed E-state index contributed by atoms with van der Waals surface area (Å²) in [5.41, 5.74) is 3.84. The van der Waals surface area contributed by atoms with E-state index in [1.165, 1.54) is 13.3 Å². The van der Waals surface area contributed by atoms with E-state index in [4.69, 9.17) is 26.1 Å². The molecule has 0 atom stereocenters. The van der Waals surface area contributed by atoms with E-state index in [0.717, 1.165) is 35.8 Å². The standard InChI is InChI=1S/C26H25ClF2N8O2/c1-37(6-7-38-2)13-14-4-5-19-20(8-14)33-26(32-19)23-21(11-31-36-23)34-25-22(39-3)12-30-24(35-25)15-9-16(27)18(29)10-17(15)28/h4-5,8-12H,6-7,13H2,1-3H3,(H,31,36)(H,32,33)(H,30,34,35). The summed E-state index contributed by atoms with van der Waals surface area (Å²) in [5.74, 6) is -0.629. The number of H-pyrrole nitrogens is 2. The molecule has 39 heavy (non-hydrogen) atoms. The molecular formula is C26H25ClF2N8O2. The number of hydrogen-bond acceptors (Lipinski definition) is 8. The van der Waals surface area contributed by atoms with Crippen LogP contribution >= 0.6 is 11.6 Å². The van der Waals surface area contributed by atoms with Crippen molar-refractivity contribution in [2.75, 3.05) is 39.7 Å². The van der Waals surface area contributed by atoms with Crippen LogP contribution in [0.3, 0.4) is 0 Å². The quantitative estimate of drug-likeness (QED) is 0.202. The Morgan fingerprint density at radius 1 is 1.08 bits per heavy atom. The lowest BCUT2D eigenvalue weighted by atomic mass is 10.2. The van der Waals surface area contributed by atoms with Crippen molar-refractivity contribution < 1.29 is 18.3 Å². The second-order valence-corrected chi connectivity index (χ2v) is 9.22. The van der Waals surface area contributed by atoms with Crippen LogP contribution in [0, 0.1) is 11.6 Å². The minimum absolute atomic E-state index is 0.00511. The molecule has 0 aliphatic carbocycles. The van der Waals surface area contributed by atoms with Crippen molar-refractivity contribution in [1.29, 1.82) is 0 Å². The number of methoxy groups -OCH3 is 2. The summed E-state index contributed by atoms with van der Waals surface area (Å²) in [6.07, 6.45) is 2.95. The Morgan fingerprint density at radius 2 is 1.92 bits per heavy atom. The first-order valence-corrected chi connectivity index (χ1v) is 12.3. The highest BCUT2D eigenvalue weighted by atomic mass is 35.5. The maximum Gasteiger partial charge on any atom is 0.179 e. The van der Waals surface area contributed by atoms with Gasteiger partial charge in [-0.15, -0.1) is 0 Å². The van der Waals surface area contributed by atoms with E-state index in [0.29, 0.717) is 35.6 Å². The zero-order valence-corrected chi connectivity index (χ0v) is 22.1. The fourth-order valence-corrected chi connectivity index (χ4v) is 4.20. The summed E-state index contributed by atoms with van der Waals surface area (Å²) in [7, 11) is 5.18. The number of fused-ring (bicyclic) bond motifs is 1. The van der Waals surface area contributed by atoms with Crippen LogP contribution in [0.1, 0.15) is 5.56 Å². The van der Waals surface area contributed by atoms with Gasteiger partial charge in [0.1, 0.15) is 17.3 Å². The number of aromatic amines is 2. The molecule has 0 saturated carbocycles. The SMILES string of the molecule is COCCN(C)Cc1ccc2nc(-c3[nH]ncc3Nc3nc(-c4cc(Cl)c(F)cc4F)ncc3OC)[nH]c2c1. The average Bonchev–Trinajstić information content (AvgIpc) is 3.56. The molecule has 3 N–H and O–H groups in total. The van der Waals surface area contributed by atoms with Crippen LogP contribution in [0.15, 0.2) is 42.7 Å². The van der Waals surface area contributed by atoms with Crippen LogP contribution in [0.4, 0.5) is 20.3 Å². The summed E-state index contributed by atoms with van der Waals surface area (Å²) in [6, 6.07) is 7.88. The first kappa shape index (κ1) is 26.5. The monoisotopic (exact) mass is 554 g/mol. The molecule has 202 valence electrons. The number of nitrogens with zero attached hydrogens (tertiary/aromatic N) is 5. The minimum atomic E-state index is -0.871. The van der Waals surface area contributed by atoms with E-state index < -0.39 is 11.6 Å². The molecule has 10 nitrogen and oxygen atoms in total. The van der Waals surface area contributed by atoms with Crippen LogP contribution in [0.2, 0.25) is 5.02 Å². The number of benzene rings is 2. The van der Waals surface area contributed by atoms with Crippen molar-refractivity contribution in [2.24, 2.45) is 0 Å². The van der Waals surface area contributed by atoms with Gasteiger partial charge in [-0.3, -0.25) is 10.00 Å². The molecule has 2 aromatic carbocycles. The smallest absolute Gasteiger partial charge is 0.179 e. The van der Waals surface area contributed by atoms with E-state index in [9.17, 15) is 8.78 Å². The molecule has 0 radical (unpaired) electrons. The molecule has 0 aliphatic rings. The maximum atomic E-state index is 14.5. The Bertz CT molecular complexity index is 1620. The number of nitrogens with one attached hydrogen (secondary N) is 3. The number of anilines is 2. The van der Waals surface area contributed by atoms with Gasteiger partial charge in [-0.05, 0) is 30.8 Å². The average molecular weight is 555 g/mol. The van der Waals surface area contributed by atoms with Gasteiger partial charge in [0.15, 0.2) is 23.2 Å². The van der Waals surface area contributed by atoms with Crippen LogP contribution < -0.4 is 10.1 Å². The van der Waals surface area contributed by atoms with E-state index in [2.05, 4.69) is 41.4 Å². The first-order chi connectivity index (χ1) is 18.9. The van der Waals surface area contributed by atoms with Crippen molar-refractivity contribution in [3.63, 3.8) is 0 Å². The zero-order valence-electron chi connectivity index (χ0n) is 21.3. The highest BCUT2D eigenvalue weighted by molar-refractivity contribution is 6.31. The van der Waals surface area contributed by atoms with Gasteiger partial charge in [-0.25, -0.2) is 23.7 Å². The summed E-state index contributed by atoms with van der Waals surface area (Å²) in [5, 5.41) is 10.0. The van der Waals surface area contributed by atoms with E-state index in [-0.39, 0.29) is 22.2 Å². The highest BCUT2D eigenvalue weighted by Crippen LogP contribution is 2.33. The van der Waals surface area contributed by atoms with Gasteiger partial charge in [0.05, 0.1) is 53.4 Å². The van der Waals surface area contributed by atoms with Gasteiger partial charge >= 0.3 is 0 Å². The summed E-state index contributed by atoms with van der Waals surface area (Å²) >= 11 is 5.86. The Balaban J connectivity index is 1.44. The Morgan fingerprint density at radius 3 is 2.72 bits per heavy atom. The normalized spacial score (nSPS) is 11.5. The fraction of sp³-hybridized carbons (Fsp3) is 0.231. The second kappa shape index (κ2) is 11.3. The van der Waals surface area contributed by atoms with Gasteiger partial charge in [0.2, 0.25) is 0 Å². The summed E-state index contributed by atoms with van der Waals surface area (Å²) < 4.78 is 38.7. The lowest BCUT2D eigenvalue weighted by Gasteiger charge is -2.15. The molecule has 0 spiro atoms. The van der Waals surface area contributed by atoms with Crippen molar-refractivity contribution in [3.05, 3.63) is 64.9 Å². The molecule has 0 fully saturated rings. The molecule has 0 amide bonds. The predicted octanol–water partition coefficient (Wildman–Crippen LogP) is 5.17. The van der Waals surface area contributed by atoms with Crippen LogP contribution in [-0.2, 0) is 11.3 Å². The van der Waals surface area contributed by atoms with Gasteiger partial charge in [-0.2, -0.15) is 5.10 Å². The summed E-state index contributed by atoms with van der Waals surface area (Å²) in [4.78, 5) is 18.8. The molecule has 3 aromatic heterocycles. The Kier molecular flexibility index (Phi) is 7.68. The van der Waals surface area contributed by atoms with Crippen molar-refractivity contribution in [2.45, 2.75) is 6.54 Å². The molecule has 0 bridgehead atoms. The van der Waals surface area contributed by atoms with Gasteiger partial charge in [-0.1, -0.05) is 17.7 Å². The molecule has 0 aliphatic heterocycles. The molecular weight excluding hydrogens is 530 g/mol. The molecule has 5 aromatic rings. The second-order valence-electron chi connectivity index (χ2n) is 8.81. The molecule has 13 heteroatoms. The van der Waals surface area contributed by atoms with Crippen LogP contribution in [0.5, 0.6) is 5.75 Å². The number of rotatable bonds is 10. The molecule has 3 heterocycles. The number of likely N-dealkylation sites (N-methyl/N-ethyl adjacent to an activating group) is 1. The summed E-state index contributed by atoms with van der Waals surface area (Å²) in [6.45, 7) is 2.25. The third-order valence-corrected chi connectivity index (χ3v) is 6.32. The molecule has 0 unspecified atom stereocenters. The van der Waals surface area contributed by atoms with E-state index >= 15 is 0 Å². The number of ether oxygens (including phenoxy) is 2. The highest BCUT2D eigenvalue weighted by Gasteiger charge is 2.19. The fourth-order valence-electron chi connectivity index (χ4n) is 4.03. The van der Waals surface area contributed by atoms with Crippen molar-refractivity contribution >= 4 is 34.1 Å². The van der Waals surface area contributed by atoms with Crippen molar-refractivity contribution in [1.82, 2.24) is 35.0 Å². The predicted molar refractivity (Wildman–Crippen MR) is 144 cm³/mol. The van der Waals surface area contributed by atoms with Gasteiger partial charge in [0, 0.05) is 26.3 Å².